The number of hydrogen-bond donors (Lipinski definition) is 0. The van der Waals surface area contributed by atoms with Gasteiger partial charge in [-0.1, -0.05) is 0 Å². The summed E-state index contributed by atoms with van der Waals surface area (Å²) in [6.45, 7) is 0. The molecule has 90 valence electrons. The Labute approximate surface area is 107 Å². The SMILES string of the molecule is c1cc2c3cc4cocc4cc3c3occc3c2o1. The summed E-state index contributed by atoms with van der Waals surface area (Å²) < 4.78 is 16.5. The Bertz CT molecular complexity index is 975. The molecule has 0 aliphatic heterocycles. The number of benzene rings is 2. The van der Waals surface area contributed by atoms with Crippen LogP contribution in [0.3, 0.4) is 0 Å². The minimum Gasteiger partial charge on any atom is -0.471 e. The van der Waals surface area contributed by atoms with Gasteiger partial charge in [-0.2, -0.15) is 0 Å². The van der Waals surface area contributed by atoms with Crippen molar-refractivity contribution in [2.24, 2.45) is 0 Å². The maximum absolute atomic E-state index is 5.64. The molecular formula is C16H8O3. The average Bonchev–Trinajstić information content (AvgIpc) is 3.15. The monoisotopic (exact) mass is 248 g/mol. The van der Waals surface area contributed by atoms with E-state index in [0.717, 1.165) is 43.5 Å². The summed E-state index contributed by atoms with van der Waals surface area (Å²) in [5.41, 5.74) is 1.74. The zero-order valence-corrected chi connectivity index (χ0v) is 9.84. The molecule has 0 atom stereocenters. The third-order valence-corrected chi connectivity index (χ3v) is 3.72. The molecule has 5 rings (SSSR count). The zero-order valence-electron chi connectivity index (χ0n) is 9.84. The summed E-state index contributed by atoms with van der Waals surface area (Å²) in [4.78, 5) is 0. The Hall–Kier alpha value is -2.68. The number of fused-ring (bicyclic) bond motifs is 7. The third-order valence-electron chi connectivity index (χ3n) is 3.72. The number of furan rings is 3. The normalized spacial score (nSPS) is 12.2. The highest BCUT2D eigenvalue weighted by Crippen LogP contribution is 2.38. The average molecular weight is 248 g/mol. The molecule has 3 nitrogen and oxygen atoms in total. The van der Waals surface area contributed by atoms with E-state index in [1.54, 1.807) is 25.1 Å². The molecule has 3 heterocycles. The van der Waals surface area contributed by atoms with Crippen LogP contribution in [-0.2, 0) is 0 Å². The second-order valence-corrected chi connectivity index (χ2v) is 4.73. The lowest BCUT2D eigenvalue weighted by Crippen LogP contribution is -1.77. The molecular weight excluding hydrogens is 240 g/mol. The summed E-state index contributed by atoms with van der Waals surface area (Å²) >= 11 is 0. The zero-order chi connectivity index (χ0) is 12.4. The summed E-state index contributed by atoms with van der Waals surface area (Å²) in [6, 6.07) is 8.16. The fraction of sp³-hybridized carbons (Fsp3) is 0. The van der Waals surface area contributed by atoms with E-state index in [0.29, 0.717) is 0 Å². The molecule has 0 saturated carbocycles. The first kappa shape index (κ1) is 9.28. The van der Waals surface area contributed by atoms with Gasteiger partial charge in [-0.05, 0) is 29.7 Å². The first-order valence-electron chi connectivity index (χ1n) is 6.08. The van der Waals surface area contributed by atoms with Gasteiger partial charge in [0.05, 0.1) is 30.4 Å². The highest BCUT2D eigenvalue weighted by Gasteiger charge is 2.14. The van der Waals surface area contributed by atoms with Crippen molar-refractivity contribution in [3.05, 3.63) is 49.3 Å². The molecule has 2 aromatic carbocycles. The van der Waals surface area contributed by atoms with Crippen molar-refractivity contribution >= 4 is 43.5 Å². The van der Waals surface area contributed by atoms with Crippen molar-refractivity contribution in [3.63, 3.8) is 0 Å². The van der Waals surface area contributed by atoms with Crippen LogP contribution in [0.15, 0.2) is 62.6 Å². The molecule has 0 fully saturated rings. The van der Waals surface area contributed by atoms with E-state index in [2.05, 4.69) is 12.1 Å². The van der Waals surface area contributed by atoms with Crippen LogP contribution in [0.2, 0.25) is 0 Å². The van der Waals surface area contributed by atoms with E-state index in [1.807, 2.05) is 12.1 Å². The van der Waals surface area contributed by atoms with Gasteiger partial charge in [0.1, 0.15) is 11.2 Å². The van der Waals surface area contributed by atoms with Crippen LogP contribution in [0.25, 0.3) is 43.5 Å². The van der Waals surface area contributed by atoms with E-state index in [9.17, 15) is 0 Å². The molecule has 19 heavy (non-hydrogen) atoms. The van der Waals surface area contributed by atoms with Crippen LogP contribution in [0.5, 0.6) is 0 Å². The van der Waals surface area contributed by atoms with Gasteiger partial charge in [0.15, 0.2) is 0 Å². The van der Waals surface area contributed by atoms with Gasteiger partial charge in [0.2, 0.25) is 0 Å². The minimum absolute atomic E-state index is 0.862. The van der Waals surface area contributed by atoms with Gasteiger partial charge in [-0.3, -0.25) is 0 Å². The fourth-order valence-electron chi connectivity index (χ4n) is 2.86. The van der Waals surface area contributed by atoms with Gasteiger partial charge in [0.25, 0.3) is 0 Å². The highest BCUT2D eigenvalue weighted by molar-refractivity contribution is 6.24. The van der Waals surface area contributed by atoms with Crippen LogP contribution in [0, 0.1) is 0 Å². The topological polar surface area (TPSA) is 39.4 Å². The maximum Gasteiger partial charge on any atom is 0.145 e. The van der Waals surface area contributed by atoms with E-state index in [1.165, 1.54) is 0 Å². The predicted molar refractivity (Wildman–Crippen MR) is 73.3 cm³/mol. The minimum atomic E-state index is 0.862. The molecule has 0 aliphatic carbocycles. The van der Waals surface area contributed by atoms with Crippen LogP contribution >= 0.6 is 0 Å². The van der Waals surface area contributed by atoms with Crippen molar-refractivity contribution in [3.8, 4) is 0 Å². The quantitative estimate of drug-likeness (QED) is 0.383. The molecule has 0 saturated heterocycles. The molecule has 3 heteroatoms. The molecule has 0 radical (unpaired) electrons. The number of rotatable bonds is 0. The third kappa shape index (κ3) is 1.03. The Balaban J connectivity index is 2.23. The van der Waals surface area contributed by atoms with Crippen LogP contribution in [0.1, 0.15) is 0 Å². The molecule has 0 spiro atoms. The maximum atomic E-state index is 5.64. The van der Waals surface area contributed by atoms with Crippen LogP contribution < -0.4 is 0 Å². The second-order valence-electron chi connectivity index (χ2n) is 4.73. The molecule has 0 amide bonds. The number of hydrogen-bond acceptors (Lipinski definition) is 3. The molecule has 5 aromatic rings. The predicted octanol–water partition coefficient (Wildman–Crippen LogP) is 5.08. The Morgan fingerprint density at radius 2 is 1.26 bits per heavy atom. The molecule has 0 N–H and O–H groups in total. The van der Waals surface area contributed by atoms with E-state index >= 15 is 0 Å². The Morgan fingerprint density at radius 1 is 0.632 bits per heavy atom. The second kappa shape index (κ2) is 3.01. The summed E-state index contributed by atoms with van der Waals surface area (Å²) in [7, 11) is 0. The van der Waals surface area contributed by atoms with E-state index < -0.39 is 0 Å². The van der Waals surface area contributed by atoms with E-state index in [4.69, 9.17) is 13.3 Å². The fourth-order valence-corrected chi connectivity index (χ4v) is 2.86. The Morgan fingerprint density at radius 3 is 2.05 bits per heavy atom. The molecule has 0 unspecified atom stereocenters. The van der Waals surface area contributed by atoms with Crippen LogP contribution in [-0.4, -0.2) is 0 Å². The molecule has 0 bridgehead atoms. The standard InChI is InChI=1S/C16H8O3/c1-3-18-15-11(1)13-5-9-7-17-8-10(9)6-14(13)16-12(15)2-4-19-16/h1-8H. The lowest BCUT2D eigenvalue weighted by atomic mass is 10.0. The van der Waals surface area contributed by atoms with Crippen molar-refractivity contribution < 1.29 is 13.3 Å². The van der Waals surface area contributed by atoms with Gasteiger partial charge >= 0.3 is 0 Å². The van der Waals surface area contributed by atoms with Crippen molar-refractivity contribution in [2.75, 3.05) is 0 Å². The highest BCUT2D eigenvalue weighted by atomic mass is 16.3. The first-order chi connectivity index (χ1) is 9.42. The van der Waals surface area contributed by atoms with Gasteiger partial charge < -0.3 is 13.3 Å². The summed E-state index contributed by atoms with van der Waals surface area (Å²) in [6.07, 6.45) is 6.93. The van der Waals surface area contributed by atoms with E-state index in [-0.39, 0.29) is 0 Å². The van der Waals surface area contributed by atoms with Gasteiger partial charge in [-0.15, -0.1) is 0 Å². The smallest absolute Gasteiger partial charge is 0.145 e. The van der Waals surface area contributed by atoms with Crippen molar-refractivity contribution in [2.45, 2.75) is 0 Å². The molecule has 3 aromatic heterocycles. The van der Waals surface area contributed by atoms with Gasteiger partial charge in [0, 0.05) is 21.5 Å². The summed E-state index contributed by atoms with van der Waals surface area (Å²) in [5.74, 6) is 0. The van der Waals surface area contributed by atoms with Crippen molar-refractivity contribution in [1.29, 1.82) is 0 Å². The van der Waals surface area contributed by atoms with Crippen LogP contribution in [0.4, 0.5) is 0 Å². The van der Waals surface area contributed by atoms with Gasteiger partial charge in [-0.25, -0.2) is 0 Å². The molecule has 0 aliphatic rings. The van der Waals surface area contributed by atoms with Crippen molar-refractivity contribution in [1.82, 2.24) is 0 Å². The first-order valence-corrected chi connectivity index (χ1v) is 6.08. The largest absolute Gasteiger partial charge is 0.471 e. The lowest BCUT2D eigenvalue weighted by molar-refractivity contribution is 0.572. The summed E-state index contributed by atoms with van der Waals surface area (Å²) in [5, 5.41) is 6.49. The Kier molecular flexibility index (Phi) is 1.47. The lowest BCUT2D eigenvalue weighted by Gasteiger charge is -2.01.